The molecule has 120 valence electrons. The molecule has 0 aromatic heterocycles. The lowest BCUT2D eigenvalue weighted by Gasteiger charge is -2.33. The summed E-state index contributed by atoms with van der Waals surface area (Å²) in [5.74, 6) is 0.586. The second kappa shape index (κ2) is 7.82. The quantitative estimate of drug-likeness (QED) is 0.907. The fourth-order valence-electron chi connectivity index (χ4n) is 2.76. The molecule has 0 bridgehead atoms. The van der Waals surface area contributed by atoms with Crippen LogP contribution in [0.1, 0.15) is 43.0 Å². The highest BCUT2D eigenvalue weighted by atomic mass is 16.5. The average Bonchev–Trinajstić information content (AvgIpc) is 2.55. The van der Waals surface area contributed by atoms with Crippen molar-refractivity contribution in [1.82, 2.24) is 10.2 Å². The Morgan fingerprint density at radius 2 is 2.18 bits per heavy atom. The van der Waals surface area contributed by atoms with Crippen LogP contribution in [0.4, 0.5) is 0 Å². The minimum absolute atomic E-state index is 0.123. The van der Waals surface area contributed by atoms with E-state index in [-0.39, 0.29) is 11.8 Å². The summed E-state index contributed by atoms with van der Waals surface area (Å²) in [6.45, 7) is 3.29. The van der Waals surface area contributed by atoms with Gasteiger partial charge in [-0.15, -0.1) is 0 Å². The first kappa shape index (κ1) is 16.3. The van der Waals surface area contributed by atoms with Gasteiger partial charge in [0.05, 0.1) is 7.11 Å². The van der Waals surface area contributed by atoms with Crippen molar-refractivity contribution >= 4 is 11.8 Å². The fourth-order valence-corrected chi connectivity index (χ4v) is 2.76. The van der Waals surface area contributed by atoms with E-state index >= 15 is 0 Å². The number of rotatable bonds is 5. The van der Waals surface area contributed by atoms with Crippen LogP contribution in [0.3, 0.4) is 0 Å². The lowest BCUT2D eigenvalue weighted by atomic mass is 10.0. The summed E-state index contributed by atoms with van der Waals surface area (Å²) in [7, 11) is 1.56. The van der Waals surface area contributed by atoms with E-state index in [1.165, 1.54) is 6.42 Å². The van der Waals surface area contributed by atoms with Gasteiger partial charge in [-0.1, -0.05) is 6.07 Å². The standard InChI is InChI=1S/C17H24N2O3/c1-13-6-3-4-11-19(13)16(20)9-10-18-17(21)14-7-5-8-15(12-14)22-2/h5,7-8,12-13H,3-4,6,9-11H2,1-2H3,(H,18,21). The molecule has 1 fully saturated rings. The van der Waals surface area contributed by atoms with E-state index in [1.54, 1.807) is 31.4 Å². The Hall–Kier alpha value is -2.04. The van der Waals surface area contributed by atoms with Gasteiger partial charge in [0.15, 0.2) is 0 Å². The summed E-state index contributed by atoms with van der Waals surface area (Å²) in [5, 5.41) is 2.79. The van der Waals surface area contributed by atoms with Gasteiger partial charge in [0.2, 0.25) is 5.91 Å². The normalized spacial score (nSPS) is 17.9. The van der Waals surface area contributed by atoms with E-state index in [9.17, 15) is 9.59 Å². The molecule has 5 nitrogen and oxygen atoms in total. The van der Waals surface area contributed by atoms with E-state index in [2.05, 4.69) is 12.2 Å². The van der Waals surface area contributed by atoms with Crippen molar-refractivity contribution in [2.45, 2.75) is 38.6 Å². The maximum atomic E-state index is 12.2. The first-order valence-electron chi connectivity index (χ1n) is 7.83. The number of piperidine rings is 1. The molecule has 2 amide bonds. The van der Waals surface area contributed by atoms with Crippen molar-refractivity contribution in [1.29, 1.82) is 0 Å². The van der Waals surface area contributed by atoms with Crippen LogP contribution in [-0.2, 0) is 4.79 Å². The lowest BCUT2D eigenvalue weighted by molar-refractivity contribution is -0.134. The minimum atomic E-state index is -0.182. The zero-order valence-electron chi connectivity index (χ0n) is 13.3. The van der Waals surface area contributed by atoms with Crippen molar-refractivity contribution in [2.75, 3.05) is 20.2 Å². The molecular weight excluding hydrogens is 280 g/mol. The summed E-state index contributed by atoms with van der Waals surface area (Å²) in [6, 6.07) is 7.29. The van der Waals surface area contributed by atoms with E-state index in [4.69, 9.17) is 4.74 Å². The molecule has 22 heavy (non-hydrogen) atoms. The maximum Gasteiger partial charge on any atom is 0.251 e. The molecule has 0 radical (unpaired) electrons. The van der Waals surface area contributed by atoms with E-state index in [0.717, 1.165) is 19.4 Å². The zero-order chi connectivity index (χ0) is 15.9. The van der Waals surface area contributed by atoms with Crippen LogP contribution < -0.4 is 10.1 Å². The smallest absolute Gasteiger partial charge is 0.251 e. The maximum absolute atomic E-state index is 12.2. The topological polar surface area (TPSA) is 58.6 Å². The van der Waals surface area contributed by atoms with Crippen LogP contribution in [0.15, 0.2) is 24.3 Å². The molecule has 1 aliphatic heterocycles. The zero-order valence-corrected chi connectivity index (χ0v) is 13.3. The average molecular weight is 304 g/mol. The number of likely N-dealkylation sites (tertiary alicyclic amines) is 1. The van der Waals surface area contributed by atoms with Crippen molar-refractivity contribution < 1.29 is 14.3 Å². The predicted molar refractivity (Wildman–Crippen MR) is 85.0 cm³/mol. The number of carbonyl (C=O) groups excluding carboxylic acids is 2. The lowest BCUT2D eigenvalue weighted by Crippen LogP contribution is -2.43. The third kappa shape index (κ3) is 4.23. The van der Waals surface area contributed by atoms with Crippen LogP contribution in [0.25, 0.3) is 0 Å². The number of hydrogen-bond acceptors (Lipinski definition) is 3. The second-order valence-corrected chi connectivity index (χ2v) is 5.67. The molecule has 1 heterocycles. The summed E-state index contributed by atoms with van der Waals surface area (Å²) in [4.78, 5) is 26.2. The van der Waals surface area contributed by atoms with Gasteiger partial charge in [-0.3, -0.25) is 9.59 Å². The monoisotopic (exact) mass is 304 g/mol. The summed E-state index contributed by atoms with van der Waals surface area (Å²) < 4.78 is 5.10. The Kier molecular flexibility index (Phi) is 5.81. The number of hydrogen-bond donors (Lipinski definition) is 1. The van der Waals surface area contributed by atoms with Gasteiger partial charge in [0.25, 0.3) is 5.91 Å². The van der Waals surface area contributed by atoms with Crippen molar-refractivity contribution in [3.8, 4) is 5.75 Å². The first-order chi connectivity index (χ1) is 10.6. The van der Waals surface area contributed by atoms with Crippen LogP contribution in [0.2, 0.25) is 0 Å². The number of methoxy groups -OCH3 is 1. The predicted octanol–water partition coefficient (Wildman–Crippen LogP) is 2.22. The summed E-state index contributed by atoms with van der Waals surface area (Å²) >= 11 is 0. The molecule has 1 N–H and O–H groups in total. The van der Waals surface area contributed by atoms with Crippen LogP contribution in [0, 0.1) is 0 Å². The summed E-state index contributed by atoms with van der Waals surface area (Å²) in [6.07, 6.45) is 3.69. The fraction of sp³-hybridized carbons (Fsp3) is 0.529. The number of carbonyl (C=O) groups is 2. The minimum Gasteiger partial charge on any atom is -0.497 e. The van der Waals surface area contributed by atoms with Crippen molar-refractivity contribution in [3.05, 3.63) is 29.8 Å². The molecule has 1 aromatic rings. The highest BCUT2D eigenvalue weighted by Crippen LogP contribution is 2.17. The van der Waals surface area contributed by atoms with Gasteiger partial charge < -0.3 is 15.0 Å². The van der Waals surface area contributed by atoms with Gasteiger partial charge in [-0.2, -0.15) is 0 Å². The Bertz CT molecular complexity index is 530. The van der Waals surface area contributed by atoms with E-state index < -0.39 is 0 Å². The molecule has 1 aliphatic rings. The molecular formula is C17H24N2O3. The Morgan fingerprint density at radius 3 is 2.91 bits per heavy atom. The third-order valence-electron chi connectivity index (χ3n) is 4.08. The largest absolute Gasteiger partial charge is 0.497 e. The van der Waals surface area contributed by atoms with Gasteiger partial charge in [0.1, 0.15) is 5.75 Å². The van der Waals surface area contributed by atoms with Crippen LogP contribution in [-0.4, -0.2) is 43.0 Å². The molecule has 1 saturated heterocycles. The number of benzene rings is 1. The van der Waals surface area contributed by atoms with E-state index in [0.29, 0.717) is 30.3 Å². The molecule has 0 spiro atoms. The molecule has 1 aromatic carbocycles. The molecule has 5 heteroatoms. The molecule has 1 unspecified atom stereocenters. The van der Waals surface area contributed by atoms with Gasteiger partial charge in [-0.05, 0) is 44.4 Å². The first-order valence-corrected chi connectivity index (χ1v) is 7.83. The third-order valence-corrected chi connectivity index (χ3v) is 4.08. The highest BCUT2D eigenvalue weighted by Gasteiger charge is 2.22. The molecule has 2 rings (SSSR count). The van der Waals surface area contributed by atoms with Crippen molar-refractivity contribution in [2.24, 2.45) is 0 Å². The molecule has 1 atom stereocenters. The Labute approximate surface area is 131 Å². The van der Waals surface area contributed by atoms with E-state index in [1.807, 2.05) is 4.90 Å². The number of nitrogens with zero attached hydrogens (tertiary/aromatic N) is 1. The van der Waals surface area contributed by atoms with Gasteiger partial charge in [0, 0.05) is 31.1 Å². The van der Waals surface area contributed by atoms with Crippen molar-refractivity contribution in [3.63, 3.8) is 0 Å². The second-order valence-electron chi connectivity index (χ2n) is 5.67. The number of nitrogens with one attached hydrogen (secondary N) is 1. The Morgan fingerprint density at radius 1 is 1.36 bits per heavy atom. The Balaban J connectivity index is 1.80. The van der Waals surface area contributed by atoms with Gasteiger partial charge in [-0.25, -0.2) is 0 Å². The molecule has 0 saturated carbocycles. The SMILES string of the molecule is COc1cccc(C(=O)NCCC(=O)N2CCCCC2C)c1. The molecule has 0 aliphatic carbocycles. The van der Waals surface area contributed by atoms with Crippen LogP contribution >= 0.6 is 0 Å². The number of amides is 2. The number of ether oxygens (including phenoxy) is 1. The van der Waals surface area contributed by atoms with Gasteiger partial charge >= 0.3 is 0 Å². The van der Waals surface area contributed by atoms with Crippen LogP contribution in [0.5, 0.6) is 5.75 Å². The summed E-state index contributed by atoms with van der Waals surface area (Å²) in [5.41, 5.74) is 0.540. The highest BCUT2D eigenvalue weighted by molar-refractivity contribution is 5.94.